The molecule has 0 radical (unpaired) electrons. The van der Waals surface area contributed by atoms with Gasteiger partial charge in [0.15, 0.2) is 0 Å². The predicted octanol–water partition coefficient (Wildman–Crippen LogP) is 3.56. The van der Waals surface area contributed by atoms with E-state index in [1.54, 1.807) is 6.92 Å². The topological polar surface area (TPSA) is 58.6 Å². The molecular weight excluding hydrogens is 349 g/mol. The molecule has 2 unspecified atom stereocenters. The zero-order chi connectivity index (χ0) is 18.8. The Balaban J connectivity index is 1.87. The van der Waals surface area contributed by atoms with Crippen molar-refractivity contribution in [3.63, 3.8) is 0 Å². The zero-order valence-corrected chi connectivity index (χ0v) is 13.3. The maximum Gasteiger partial charge on any atom is 0.573 e. The van der Waals surface area contributed by atoms with Crippen LogP contribution in [0.1, 0.15) is 37.8 Å². The molecule has 2 N–H and O–H groups in total. The number of rotatable bonds is 6. The van der Waals surface area contributed by atoms with Crippen molar-refractivity contribution in [2.75, 3.05) is 0 Å². The van der Waals surface area contributed by atoms with E-state index in [2.05, 4.69) is 10.1 Å². The highest BCUT2D eigenvalue weighted by atomic mass is 19.4. The van der Waals surface area contributed by atoms with E-state index in [-0.39, 0.29) is 6.42 Å². The molecule has 1 aromatic rings. The number of alkyl halides is 5. The fourth-order valence-corrected chi connectivity index (χ4v) is 2.70. The van der Waals surface area contributed by atoms with E-state index in [9.17, 15) is 31.9 Å². The van der Waals surface area contributed by atoms with Gasteiger partial charge >= 0.3 is 6.36 Å². The molecule has 1 amide bonds. The van der Waals surface area contributed by atoms with Crippen LogP contribution in [0, 0.1) is 5.92 Å². The van der Waals surface area contributed by atoms with Crippen molar-refractivity contribution >= 4 is 5.91 Å². The number of carbonyl (C=O) groups excluding carboxylic acids is 1. The fourth-order valence-electron chi connectivity index (χ4n) is 2.70. The van der Waals surface area contributed by atoms with Crippen molar-refractivity contribution < 1.29 is 36.6 Å². The van der Waals surface area contributed by atoms with Gasteiger partial charge in [-0.3, -0.25) is 4.79 Å². The van der Waals surface area contributed by atoms with Crippen LogP contribution in [0.4, 0.5) is 22.0 Å². The molecule has 0 bridgehead atoms. The largest absolute Gasteiger partial charge is 0.573 e. The van der Waals surface area contributed by atoms with Crippen LogP contribution in [0.15, 0.2) is 24.3 Å². The normalized spacial score (nSPS) is 19.6. The number of amides is 1. The lowest BCUT2D eigenvalue weighted by molar-refractivity contribution is -0.274. The van der Waals surface area contributed by atoms with E-state index in [0.29, 0.717) is 5.56 Å². The van der Waals surface area contributed by atoms with Crippen molar-refractivity contribution in [3.05, 3.63) is 29.8 Å². The second-order valence-corrected chi connectivity index (χ2v) is 6.21. The number of hydrogen-bond acceptors (Lipinski definition) is 3. The molecule has 4 nitrogen and oxygen atoms in total. The van der Waals surface area contributed by atoms with Gasteiger partial charge < -0.3 is 15.2 Å². The molecule has 0 saturated heterocycles. The van der Waals surface area contributed by atoms with Crippen molar-refractivity contribution in [1.29, 1.82) is 0 Å². The van der Waals surface area contributed by atoms with Gasteiger partial charge in [-0.05, 0) is 30.5 Å². The van der Waals surface area contributed by atoms with Gasteiger partial charge in [-0.1, -0.05) is 12.1 Å². The monoisotopic (exact) mass is 367 g/mol. The van der Waals surface area contributed by atoms with E-state index >= 15 is 0 Å². The van der Waals surface area contributed by atoms with Crippen LogP contribution < -0.4 is 10.1 Å². The smallest absolute Gasteiger partial charge is 0.406 e. The minimum atomic E-state index is -4.82. The van der Waals surface area contributed by atoms with Gasteiger partial charge in [-0.15, -0.1) is 13.2 Å². The Labute approximate surface area is 141 Å². The van der Waals surface area contributed by atoms with Crippen LogP contribution in [0.25, 0.3) is 0 Å². The van der Waals surface area contributed by atoms with Gasteiger partial charge in [-0.2, -0.15) is 0 Å². The molecule has 1 aliphatic carbocycles. The molecule has 9 heteroatoms. The number of aliphatic hydroxyl groups is 1. The molecule has 140 valence electrons. The fraction of sp³-hybridized carbons (Fsp3) is 0.562. The molecule has 2 rings (SSSR count). The average molecular weight is 367 g/mol. The summed E-state index contributed by atoms with van der Waals surface area (Å²) in [4.78, 5) is 11.9. The Kier molecular flexibility index (Phi) is 5.55. The first-order chi connectivity index (χ1) is 11.5. The second-order valence-electron chi connectivity index (χ2n) is 6.21. The van der Waals surface area contributed by atoms with Crippen molar-refractivity contribution in [2.24, 2.45) is 5.92 Å². The van der Waals surface area contributed by atoms with Gasteiger partial charge in [0.1, 0.15) is 5.75 Å². The summed E-state index contributed by atoms with van der Waals surface area (Å²) in [5, 5.41) is 12.3. The van der Waals surface area contributed by atoms with Crippen LogP contribution in [0.5, 0.6) is 5.75 Å². The molecule has 0 aliphatic heterocycles. The Morgan fingerprint density at radius 1 is 1.40 bits per heavy atom. The molecule has 1 aliphatic rings. The molecule has 0 aromatic heterocycles. The third-order valence-corrected chi connectivity index (χ3v) is 4.03. The molecule has 1 fully saturated rings. The van der Waals surface area contributed by atoms with Crippen molar-refractivity contribution in [1.82, 2.24) is 5.32 Å². The minimum absolute atomic E-state index is 0.343. The van der Waals surface area contributed by atoms with Crippen LogP contribution in [-0.2, 0) is 4.79 Å². The van der Waals surface area contributed by atoms with Gasteiger partial charge in [-0.25, -0.2) is 8.78 Å². The highest BCUT2D eigenvalue weighted by Gasteiger charge is 2.48. The number of nitrogens with one attached hydrogen (secondary N) is 1. The Bertz CT molecular complexity index is 612. The highest BCUT2D eigenvalue weighted by molar-refractivity contribution is 5.77. The first-order valence-electron chi connectivity index (χ1n) is 7.66. The van der Waals surface area contributed by atoms with Crippen molar-refractivity contribution in [3.8, 4) is 5.75 Å². The third-order valence-electron chi connectivity index (χ3n) is 4.03. The zero-order valence-electron chi connectivity index (χ0n) is 13.3. The minimum Gasteiger partial charge on any atom is -0.406 e. The first kappa shape index (κ1) is 19.4. The molecule has 1 saturated carbocycles. The lowest BCUT2D eigenvalue weighted by atomic mass is 9.76. The van der Waals surface area contributed by atoms with Gasteiger partial charge in [0.05, 0.1) is 18.6 Å². The summed E-state index contributed by atoms with van der Waals surface area (Å²) in [6, 6.07) is 4.49. The average Bonchev–Trinajstić information content (AvgIpc) is 2.42. The van der Waals surface area contributed by atoms with E-state index in [1.165, 1.54) is 12.1 Å². The lowest BCUT2D eigenvalue weighted by Gasteiger charge is -2.37. The summed E-state index contributed by atoms with van der Waals surface area (Å²) >= 11 is 0. The molecule has 25 heavy (non-hydrogen) atoms. The van der Waals surface area contributed by atoms with E-state index in [0.717, 1.165) is 12.1 Å². The van der Waals surface area contributed by atoms with Crippen LogP contribution in [0.2, 0.25) is 0 Å². The third kappa shape index (κ3) is 5.84. The molecule has 0 heterocycles. The number of carbonyl (C=O) groups is 1. The van der Waals surface area contributed by atoms with Crippen LogP contribution in [-0.4, -0.2) is 29.4 Å². The van der Waals surface area contributed by atoms with E-state index in [4.69, 9.17) is 0 Å². The maximum atomic E-state index is 12.8. The second kappa shape index (κ2) is 7.15. The van der Waals surface area contributed by atoms with Crippen LogP contribution in [0.3, 0.4) is 0 Å². The van der Waals surface area contributed by atoms with Crippen molar-refractivity contribution in [2.45, 2.75) is 50.6 Å². The summed E-state index contributed by atoms with van der Waals surface area (Å²) in [6.45, 7) is 1.55. The maximum absolute atomic E-state index is 12.8. The number of hydrogen-bond donors (Lipinski definition) is 2. The Morgan fingerprint density at radius 2 is 2.04 bits per heavy atom. The van der Waals surface area contributed by atoms with Gasteiger partial charge in [0, 0.05) is 12.8 Å². The first-order valence-corrected chi connectivity index (χ1v) is 7.66. The molecule has 1 aromatic carbocycles. The molecule has 0 spiro atoms. The number of halogens is 5. The number of aliphatic hydroxyl groups excluding tert-OH is 1. The Morgan fingerprint density at radius 3 is 2.60 bits per heavy atom. The predicted molar refractivity (Wildman–Crippen MR) is 78.0 cm³/mol. The summed E-state index contributed by atoms with van der Waals surface area (Å²) in [7, 11) is 0. The van der Waals surface area contributed by atoms with Gasteiger partial charge in [0.25, 0.3) is 0 Å². The molecule has 2 atom stereocenters. The summed E-state index contributed by atoms with van der Waals surface area (Å²) in [5.41, 5.74) is 0.375. The standard InChI is InChI=1S/C16H18F5NO3/c1-9(10-3-2-4-12(5-10)25-16(19,20)21)22-14(24)6-13(23)11-7-15(17,18)8-11/h2-5,9,11,13,23H,6-8H2,1H3,(H,22,24). The SMILES string of the molecule is CC(NC(=O)CC(O)C1CC(F)(F)C1)c1cccc(OC(F)(F)F)c1. The number of benzene rings is 1. The Hall–Kier alpha value is -1.90. The van der Waals surface area contributed by atoms with E-state index in [1.807, 2.05) is 0 Å². The molecular formula is C16H18F5NO3. The lowest BCUT2D eigenvalue weighted by Crippen LogP contribution is -2.44. The quantitative estimate of drug-likeness (QED) is 0.756. The number of ether oxygens (including phenoxy) is 1. The summed E-state index contributed by atoms with van der Waals surface area (Å²) < 4.78 is 66.0. The summed E-state index contributed by atoms with van der Waals surface area (Å²) in [6.07, 6.45) is -7.24. The van der Waals surface area contributed by atoms with Crippen LogP contribution >= 0.6 is 0 Å². The van der Waals surface area contributed by atoms with Gasteiger partial charge in [0.2, 0.25) is 11.8 Å². The van der Waals surface area contributed by atoms with E-state index < -0.39 is 54.8 Å². The summed E-state index contributed by atoms with van der Waals surface area (Å²) in [5.74, 6) is -4.39. The highest BCUT2D eigenvalue weighted by Crippen LogP contribution is 2.44.